The summed E-state index contributed by atoms with van der Waals surface area (Å²) in [5, 5.41) is 2.24. The zero-order chi connectivity index (χ0) is 13.8. The zero-order valence-corrected chi connectivity index (χ0v) is 13.0. The Balaban J connectivity index is 2.82. The first-order chi connectivity index (χ1) is 9.17. The number of aromatic nitrogens is 2. The molecule has 2 rings (SSSR count). The lowest BCUT2D eigenvalue weighted by Gasteiger charge is -1.95. The molecule has 19 heavy (non-hydrogen) atoms. The van der Waals surface area contributed by atoms with Crippen LogP contribution in [0.25, 0.3) is 22.4 Å². The number of hydrogen-bond donors (Lipinski definition) is 2. The van der Waals surface area contributed by atoms with Crippen molar-refractivity contribution in [3.63, 3.8) is 0 Å². The highest BCUT2D eigenvalue weighted by molar-refractivity contribution is 7.71. The molecule has 0 amide bonds. The van der Waals surface area contributed by atoms with E-state index >= 15 is 0 Å². The first-order valence-electron chi connectivity index (χ1n) is 6.66. The summed E-state index contributed by atoms with van der Waals surface area (Å²) in [7, 11) is 0. The van der Waals surface area contributed by atoms with E-state index < -0.39 is 0 Å². The average Bonchev–Trinajstić information content (AvgIpc) is 2.71. The molecule has 0 aliphatic rings. The molecule has 2 aromatic heterocycles. The Morgan fingerprint density at radius 3 is 2.63 bits per heavy atom. The topological polar surface area (TPSA) is 54.7 Å². The van der Waals surface area contributed by atoms with Gasteiger partial charge >= 0.3 is 0 Å². The normalized spacial score (nSPS) is 13.6. The molecule has 0 saturated heterocycles. The van der Waals surface area contributed by atoms with Gasteiger partial charge in [0.1, 0.15) is 10.6 Å². The third kappa shape index (κ3) is 3.04. The second kappa shape index (κ2) is 6.30. The third-order valence-corrected chi connectivity index (χ3v) is 4.24. The average molecular weight is 293 g/mol. The lowest BCUT2D eigenvalue weighted by molar-refractivity contribution is 0.988. The van der Waals surface area contributed by atoms with Crippen LogP contribution in [0.2, 0.25) is 0 Å². The summed E-state index contributed by atoms with van der Waals surface area (Å²) in [6.45, 7) is 4.36. The van der Waals surface area contributed by atoms with Crippen LogP contribution in [0.1, 0.15) is 39.5 Å². The molecule has 2 aromatic rings. The molecule has 0 radical (unpaired) electrons. The monoisotopic (exact) mass is 293 g/mol. The molecule has 3 nitrogen and oxygen atoms in total. The molecule has 0 saturated carbocycles. The summed E-state index contributed by atoms with van der Waals surface area (Å²) in [4.78, 5) is 8.35. The smallest absolute Gasteiger partial charge is 0.199 e. The SMILES string of the molecule is CCCC=c1sc2[nH]c(=S)nc(N)c2c1=CCCC. The first-order valence-corrected chi connectivity index (χ1v) is 7.88. The summed E-state index contributed by atoms with van der Waals surface area (Å²) in [6, 6.07) is 0. The first kappa shape index (κ1) is 14.2. The maximum absolute atomic E-state index is 6.05. The predicted molar refractivity (Wildman–Crippen MR) is 87.2 cm³/mol. The van der Waals surface area contributed by atoms with E-state index in [1.165, 1.54) is 9.75 Å². The molecule has 0 fully saturated rings. The van der Waals surface area contributed by atoms with Crippen molar-refractivity contribution in [1.82, 2.24) is 9.97 Å². The molecule has 0 atom stereocenters. The molecule has 5 heteroatoms. The number of nitrogens with one attached hydrogen (secondary N) is 1. The minimum Gasteiger partial charge on any atom is -0.383 e. The van der Waals surface area contributed by atoms with Crippen LogP contribution < -0.4 is 15.5 Å². The van der Waals surface area contributed by atoms with E-state index in [0.717, 1.165) is 35.9 Å². The van der Waals surface area contributed by atoms with E-state index in [-0.39, 0.29) is 0 Å². The van der Waals surface area contributed by atoms with Gasteiger partial charge in [0.25, 0.3) is 0 Å². The Labute approximate surface area is 121 Å². The second-order valence-electron chi connectivity index (χ2n) is 4.50. The quantitative estimate of drug-likeness (QED) is 0.852. The number of nitrogens with two attached hydrogens (primary N) is 1. The van der Waals surface area contributed by atoms with E-state index in [4.69, 9.17) is 18.0 Å². The number of hydrogen-bond acceptors (Lipinski definition) is 4. The number of thiophene rings is 1. The third-order valence-electron chi connectivity index (χ3n) is 2.93. The summed E-state index contributed by atoms with van der Waals surface area (Å²) in [5.41, 5.74) is 6.05. The molecule has 0 spiro atoms. The number of unbranched alkanes of at least 4 members (excludes halogenated alkanes) is 2. The van der Waals surface area contributed by atoms with Gasteiger partial charge in [-0.3, -0.25) is 0 Å². The van der Waals surface area contributed by atoms with Gasteiger partial charge in [0.2, 0.25) is 0 Å². The minimum atomic E-state index is 0.454. The number of rotatable bonds is 4. The standard InChI is InChI=1S/C14H19N3S2/c1-3-5-7-9-10(8-6-4-2)19-13-11(9)12(15)16-14(18)17-13/h7-8H,3-6H2,1-2H3,(H3,15,16,17,18). The van der Waals surface area contributed by atoms with Gasteiger partial charge in [0, 0.05) is 9.75 Å². The lowest BCUT2D eigenvalue weighted by Crippen LogP contribution is -2.19. The fourth-order valence-corrected chi connectivity index (χ4v) is 3.46. The zero-order valence-electron chi connectivity index (χ0n) is 11.3. The van der Waals surface area contributed by atoms with Crippen LogP contribution in [-0.4, -0.2) is 9.97 Å². The Hall–Kier alpha value is -1.20. The molecule has 0 unspecified atom stereocenters. The van der Waals surface area contributed by atoms with Crippen LogP contribution in [0.4, 0.5) is 5.82 Å². The van der Waals surface area contributed by atoms with Crippen LogP contribution in [0, 0.1) is 4.77 Å². The van der Waals surface area contributed by atoms with Crippen LogP contribution in [0.3, 0.4) is 0 Å². The van der Waals surface area contributed by atoms with E-state index in [0.29, 0.717) is 10.6 Å². The van der Waals surface area contributed by atoms with Gasteiger partial charge in [0.15, 0.2) is 4.77 Å². The van der Waals surface area contributed by atoms with Crippen molar-refractivity contribution < 1.29 is 0 Å². The number of fused-ring (bicyclic) bond motifs is 1. The summed E-state index contributed by atoms with van der Waals surface area (Å²) < 4.78 is 1.73. The number of H-pyrrole nitrogens is 1. The van der Waals surface area contributed by atoms with Crippen LogP contribution in [0.5, 0.6) is 0 Å². The molecule has 0 aliphatic carbocycles. The fraction of sp³-hybridized carbons (Fsp3) is 0.429. The highest BCUT2D eigenvalue weighted by Crippen LogP contribution is 2.15. The molecule has 102 valence electrons. The molecular formula is C14H19N3S2. The summed E-state index contributed by atoms with van der Waals surface area (Å²) in [6.07, 6.45) is 8.94. The van der Waals surface area contributed by atoms with Crippen LogP contribution in [0.15, 0.2) is 0 Å². The largest absolute Gasteiger partial charge is 0.383 e. The Kier molecular flexibility index (Phi) is 4.71. The highest BCUT2D eigenvalue weighted by Gasteiger charge is 2.06. The van der Waals surface area contributed by atoms with Gasteiger partial charge in [-0.1, -0.05) is 38.8 Å². The van der Waals surface area contributed by atoms with Crippen LogP contribution in [-0.2, 0) is 0 Å². The van der Waals surface area contributed by atoms with Crippen molar-refractivity contribution in [3.05, 3.63) is 14.5 Å². The second-order valence-corrected chi connectivity index (χ2v) is 5.94. The Bertz CT molecular complexity index is 740. The number of nitrogen functional groups attached to an aromatic ring is 1. The molecular weight excluding hydrogens is 274 g/mol. The van der Waals surface area contributed by atoms with Gasteiger partial charge in [-0.2, -0.15) is 0 Å². The molecule has 0 bridgehead atoms. The molecule has 3 N–H and O–H groups in total. The van der Waals surface area contributed by atoms with Crippen molar-refractivity contribution in [2.24, 2.45) is 0 Å². The fourth-order valence-electron chi connectivity index (χ4n) is 2.01. The van der Waals surface area contributed by atoms with Crippen LogP contribution >= 0.6 is 23.6 Å². The van der Waals surface area contributed by atoms with Crippen molar-refractivity contribution >= 4 is 51.7 Å². The highest BCUT2D eigenvalue weighted by atomic mass is 32.1. The van der Waals surface area contributed by atoms with Gasteiger partial charge in [-0.05, 0) is 25.1 Å². The van der Waals surface area contributed by atoms with Crippen molar-refractivity contribution in [3.8, 4) is 0 Å². The maximum Gasteiger partial charge on any atom is 0.199 e. The Morgan fingerprint density at radius 1 is 1.26 bits per heavy atom. The molecule has 0 aliphatic heterocycles. The Morgan fingerprint density at radius 2 is 1.95 bits per heavy atom. The lowest BCUT2D eigenvalue weighted by atomic mass is 10.2. The van der Waals surface area contributed by atoms with E-state index in [9.17, 15) is 0 Å². The van der Waals surface area contributed by atoms with Crippen molar-refractivity contribution in [1.29, 1.82) is 0 Å². The predicted octanol–water partition coefficient (Wildman–Crippen LogP) is 3.10. The number of anilines is 1. The van der Waals surface area contributed by atoms with E-state index in [1.54, 1.807) is 11.3 Å². The van der Waals surface area contributed by atoms with E-state index in [1.807, 2.05) is 0 Å². The van der Waals surface area contributed by atoms with Gasteiger partial charge in [-0.15, -0.1) is 11.3 Å². The summed E-state index contributed by atoms with van der Waals surface area (Å²) in [5.74, 6) is 0.536. The van der Waals surface area contributed by atoms with Gasteiger partial charge in [0.05, 0.1) is 5.39 Å². The minimum absolute atomic E-state index is 0.454. The van der Waals surface area contributed by atoms with Crippen molar-refractivity contribution in [2.75, 3.05) is 5.73 Å². The van der Waals surface area contributed by atoms with Gasteiger partial charge in [-0.25, -0.2) is 4.98 Å². The molecule has 2 heterocycles. The number of nitrogens with zero attached hydrogens (tertiary/aromatic N) is 1. The van der Waals surface area contributed by atoms with Crippen molar-refractivity contribution in [2.45, 2.75) is 39.5 Å². The van der Waals surface area contributed by atoms with E-state index in [2.05, 4.69) is 36.0 Å². The number of aromatic amines is 1. The maximum atomic E-state index is 6.05. The summed E-state index contributed by atoms with van der Waals surface area (Å²) >= 11 is 6.81. The van der Waals surface area contributed by atoms with Gasteiger partial charge < -0.3 is 10.7 Å². The molecule has 0 aromatic carbocycles.